The zero-order valence-electron chi connectivity index (χ0n) is 17.4. The number of hydrogen-bond acceptors (Lipinski definition) is 4. The Morgan fingerprint density at radius 3 is 0.793 bits per heavy atom. The van der Waals surface area contributed by atoms with Gasteiger partial charge in [-0.3, -0.25) is 0 Å². The molecule has 29 heavy (non-hydrogen) atoms. The molecule has 7 heteroatoms. The Bertz CT molecular complexity index is 275. The van der Waals surface area contributed by atoms with Crippen molar-refractivity contribution in [2.45, 2.75) is 51.4 Å². The largest absolute Gasteiger partial charge is 0.184 e. The average Bonchev–Trinajstić information content (AvgIpc) is 3.64. The van der Waals surface area contributed by atoms with Gasteiger partial charge in [0.1, 0.15) is 0 Å². The summed E-state index contributed by atoms with van der Waals surface area (Å²) in [7, 11) is 0. The van der Waals surface area contributed by atoms with Crippen molar-refractivity contribution in [3.05, 3.63) is 36.4 Å². The molecular formula is C22H37Cl2GdO4-. The first-order chi connectivity index (χ1) is 14.4. The fourth-order valence-corrected chi connectivity index (χ4v) is 2.38. The van der Waals surface area contributed by atoms with Gasteiger partial charge in [0.05, 0.1) is 0 Å². The molecule has 0 radical (unpaired) electrons. The molecule has 0 unspecified atom stereocenters. The van der Waals surface area contributed by atoms with Crippen LogP contribution in [0.1, 0.15) is 51.4 Å². The van der Waals surface area contributed by atoms with Crippen LogP contribution in [0.15, 0.2) is 30.3 Å². The summed E-state index contributed by atoms with van der Waals surface area (Å²) in [4.78, 5) is 0. The Hall–Kier alpha value is 0.965. The predicted molar refractivity (Wildman–Crippen MR) is 117 cm³/mol. The van der Waals surface area contributed by atoms with Crippen LogP contribution in [0, 0.1) is 38.8 Å². The quantitative estimate of drug-likeness (QED) is 0.343. The van der Waals surface area contributed by atoms with E-state index in [9.17, 15) is 0 Å². The van der Waals surface area contributed by atoms with Gasteiger partial charge in [0.25, 0.3) is 0 Å². The van der Waals surface area contributed by atoms with Crippen molar-refractivity contribution in [2.24, 2.45) is 0 Å². The zero-order chi connectivity index (χ0) is 21.1. The number of benzene rings is 1. The van der Waals surface area contributed by atoms with Gasteiger partial charge in [0.15, 0.2) is 0 Å². The minimum Gasteiger partial charge on any atom is -0.184 e. The molecular weight excluding hydrogens is 556 g/mol. The molecule has 0 saturated carbocycles. The van der Waals surface area contributed by atoms with Crippen molar-refractivity contribution >= 4 is 11.9 Å². The molecule has 0 bridgehead atoms. The summed E-state index contributed by atoms with van der Waals surface area (Å²) in [6.45, 7) is 8.00. The van der Waals surface area contributed by atoms with E-state index in [4.69, 9.17) is 30.9 Å². The standard InChI is InChI=1S/C6H5.4C4H8O.2ClH.Gd/c1-2-4-6-5-3-1;4*1-2-4-5-3-1;;;/h1-5H;4*1-4H2;2*1H;/q-1;;;;;;;+2/p-2. The van der Waals surface area contributed by atoms with Crippen molar-refractivity contribution in [3.8, 4) is 0 Å². The maximum Gasteiger partial charge on any atom is -0.171 e. The van der Waals surface area contributed by atoms with Crippen LogP contribution in [-0.4, -0.2) is 52.9 Å². The molecule has 4 saturated heterocycles. The van der Waals surface area contributed by atoms with Crippen LogP contribution in [0.25, 0.3) is 0 Å². The smallest absolute Gasteiger partial charge is 0.171 e. The van der Waals surface area contributed by atoms with E-state index in [0.29, 0.717) is 0 Å². The molecule has 0 spiro atoms. The SMILES string of the molecule is C1CCOC1.C1CCOC1.C1CCOC1.C1CCOC1.[Cl][Gd][Cl].[c-]1ccccc1. The Morgan fingerprint density at radius 2 is 0.724 bits per heavy atom. The van der Waals surface area contributed by atoms with E-state index in [1.807, 2.05) is 30.3 Å². The van der Waals surface area contributed by atoms with Gasteiger partial charge in [0, 0.05) is 52.9 Å². The summed E-state index contributed by atoms with van der Waals surface area (Å²) < 4.78 is 19.8. The predicted octanol–water partition coefficient (Wildman–Crippen LogP) is 6.05. The normalized spacial score (nSPS) is 19.0. The van der Waals surface area contributed by atoms with Crippen molar-refractivity contribution < 1.29 is 51.7 Å². The number of rotatable bonds is 0. The number of hydrogen-bond donors (Lipinski definition) is 0. The third-order valence-corrected chi connectivity index (χ3v) is 3.92. The fourth-order valence-electron chi connectivity index (χ4n) is 2.38. The molecule has 5 rings (SSSR count). The van der Waals surface area contributed by atoms with E-state index in [0.717, 1.165) is 52.9 Å². The molecule has 0 amide bonds. The van der Waals surface area contributed by atoms with Gasteiger partial charge in [-0.2, -0.15) is 36.4 Å². The fraction of sp³-hybridized carbons (Fsp3) is 0.727. The number of halogens is 2. The van der Waals surface area contributed by atoms with Crippen molar-refractivity contribution in [1.29, 1.82) is 0 Å². The molecule has 4 fully saturated rings. The molecule has 0 N–H and O–H groups in total. The summed E-state index contributed by atoms with van der Waals surface area (Å²) in [5.41, 5.74) is 0. The molecule has 4 heterocycles. The minimum absolute atomic E-state index is 0.639. The maximum absolute atomic E-state index is 4.94. The summed E-state index contributed by atoms with van der Waals surface area (Å²) in [5, 5.41) is 0. The molecule has 1 aromatic carbocycles. The molecule has 4 aliphatic rings. The third-order valence-electron chi connectivity index (χ3n) is 3.92. The molecule has 0 atom stereocenters. The van der Waals surface area contributed by atoms with E-state index in [1.54, 1.807) is 0 Å². The molecule has 172 valence electrons. The Kier molecular flexibility index (Phi) is 29.9. The van der Waals surface area contributed by atoms with Gasteiger partial charge in [-0.05, 0) is 51.4 Å². The Labute approximate surface area is 202 Å². The first-order valence-corrected chi connectivity index (χ1v) is 16.2. The summed E-state index contributed by atoms with van der Waals surface area (Å²) >= 11 is -0.639. The minimum atomic E-state index is -0.639. The Morgan fingerprint density at radius 1 is 0.483 bits per heavy atom. The first-order valence-electron chi connectivity index (χ1n) is 10.5. The Balaban J connectivity index is 0.000000328. The zero-order valence-corrected chi connectivity index (χ0v) is 21.2. The summed E-state index contributed by atoms with van der Waals surface area (Å²) in [6, 6.07) is 12.5. The molecule has 4 nitrogen and oxygen atoms in total. The van der Waals surface area contributed by atoms with Crippen molar-refractivity contribution in [1.82, 2.24) is 0 Å². The molecule has 4 aliphatic heterocycles. The third kappa shape index (κ3) is 29.0. The maximum atomic E-state index is 4.94. The average molecular weight is 594 g/mol. The molecule has 0 aliphatic carbocycles. The number of ether oxygens (including phenoxy) is 4. The second kappa shape index (κ2) is 29.0. The van der Waals surface area contributed by atoms with Crippen LogP contribution in [0.2, 0.25) is 0 Å². The monoisotopic (exact) mass is 593 g/mol. The van der Waals surface area contributed by atoms with E-state index in [1.165, 1.54) is 51.4 Å². The van der Waals surface area contributed by atoms with Crippen LogP contribution in [0.4, 0.5) is 0 Å². The van der Waals surface area contributed by atoms with Crippen LogP contribution in [0.5, 0.6) is 0 Å². The topological polar surface area (TPSA) is 36.9 Å². The van der Waals surface area contributed by atoms with Crippen LogP contribution < -0.4 is 0 Å². The van der Waals surface area contributed by atoms with Crippen LogP contribution >= 0.6 is 11.9 Å². The molecule has 0 aromatic heterocycles. The van der Waals surface area contributed by atoms with Crippen LogP contribution in [0.3, 0.4) is 0 Å². The first kappa shape index (κ1) is 30.0. The van der Waals surface area contributed by atoms with Crippen molar-refractivity contribution in [3.63, 3.8) is 0 Å². The van der Waals surface area contributed by atoms with E-state index in [2.05, 4.69) is 6.07 Å². The summed E-state index contributed by atoms with van der Waals surface area (Å²) in [5.74, 6) is 9.81. The summed E-state index contributed by atoms with van der Waals surface area (Å²) in [6.07, 6.45) is 10.2. The molecule has 1 aromatic rings. The van der Waals surface area contributed by atoms with E-state index in [-0.39, 0.29) is 0 Å². The van der Waals surface area contributed by atoms with Gasteiger partial charge >= 0.3 is 44.7 Å². The van der Waals surface area contributed by atoms with Crippen LogP contribution in [-0.2, 0) is 18.9 Å². The van der Waals surface area contributed by atoms with Gasteiger partial charge < -0.3 is 18.9 Å². The van der Waals surface area contributed by atoms with Gasteiger partial charge in [-0.1, -0.05) is 0 Å². The second-order valence-electron chi connectivity index (χ2n) is 6.41. The van der Waals surface area contributed by atoms with E-state index >= 15 is 0 Å². The van der Waals surface area contributed by atoms with Gasteiger partial charge in [-0.25, -0.2) is 0 Å². The van der Waals surface area contributed by atoms with E-state index < -0.39 is 32.8 Å². The second-order valence-corrected chi connectivity index (χ2v) is 9.73. The van der Waals surface area contributed by atoms with Crippen molar-refractivity contribution in [2.75, 3.05) is 52.9 Å². The van der Waals surface area contributed by atoms with Gasteiger partial charge in [-0.15, -0.1) is 0 Å². The van der Waals surface area contributed by atoms with Gasteiger partial charge in [0.2, 0.25) is 0 Å².